The number of rotatable bonds is 7. The fraction of sp³-hybridized carbons (Fsp3) is 0.208. The van der Waals surface area contributed by atoms with Crippen LogP contribution in [-0.4, -0.2) is 21.5 Å². The van der Waals surface area contributed by atoms with Gasteiger partial charge in [-0.2, -0.15) is 10.4 Å². The van der Waals surface area contributed by atoms with Crippen LogP contribution in [0.15, 0.2) is 59.4 Å². The van der Waals surface area contributed by atoms with E-state index in [1.807, 2.05) is 26.0 Å². The van der Waals surface area contributed by atoms with Gasteiger partial charge in [-0.15, -0.1) is 0 Å². The number of ketones is 1. The summed E-state index contributed by atoms with van der Waals surface area (Å²) in [6.07, 6.45) is 1.08. The lowest BCUT2D eigenvalue weighted by Crippen LogP contribution is -2.31. The number of nitriles is 1. The average molecular weight is 414 g/mol. The van der Waals surface area contributed by atoms with Crippen molar-refractivity contribution in [1.29, 1.82) is 5.26 Å². The molecule has 31 heavy (non-hydrogen) atoms. The van der Waals surface area contributed by atoms with Crippen molar-refractivity contribution < 1.29 is 9.59 Å². The Bertz CT molecular complexity index is 1210. The molecule has 0 aliphatic heterocycles. The molecule has 0 aliphatic rings. The lowest BCUT2D eigenvalue weighted by molar-refractivity contribution is 0.0964. The van der Waals surface area contributed by atoms with E-state index in [1.54, 1.807) is 48.5 Å². The molecule has 1 N–H and O–H groups in total. The minimum atomic E-state index is -0.559. The Hall–Kier alpha value is -4.05. The summed E-state index contributed by atoms with van der Waals surface area (Å²) in [6.45, 7) is 3.49. The van der Waals surface area contributed by atoms with E-state index in [0.29, 0.717) is 40.9 Å². The standard InChI is InChI=1S/C24H22N4O3/c1-3-19-20(14-25)24(31)28(27-21(19)4-2)15-22(29)16-10-12-18(13-11-16)26-23(30)17-8-6-5-7-9-17/h5-13H,3-4,15H2,1-2H3,(H,26,30). The van der Waals surface area contributed by atoms with E-state index in [9.17, 15) is 19.6 Å². The van der Waals surface area contributed by atoms with Crippen molar-refractivity contribution in [2.45, 2.75) is 33.2 Å². The van der Waals surface area contributed by atoms with E-state index in [2.05, 4.69) is 10.4 Å². The van der Waals surface area contributed by atoms with E-state index in [0.717, 1.165) is 4.68 Å². The molecule has 7 heteroatoms. The lowest BCUT2D eigenvalue weighted by Gasteiger charge is -2.11. The first-order valence-electron chi connectivity index (χ1n) is 10.0. The molecule has 0 unspecified atom stereocenters. The normalized spacial score (nSPS) is 10.4. The van der Waals surface area contributed by atoms with Crippen molar-refractivity contribution in [1.82, 2.24) is 9.78 Å². The van der Waals surface area contributed by atoms with Crippen molar-refractivity contribution in [3.05, 3.63) is 92.9 Å². The first-order valence-corrected chi connectivity index (χ1v) is 10.0. The molecular formula is C24H22N4O3. The molecule has 0 fully saturated rings. The molecule has 0 saturated heterocycles. The summed E-state index contributed by atoms with van der Waals surface area (Å²) >= 11 is 0. The highest BCUT2D eigenvalue weighted by molar-refractivity contribution is 6.04. The minimum Gasteiger partial charge on any atom is -0.322 e. The second kappa shape index (κ2) is 9.63. The number of amides is 1. The Morgan fingerprint density at radius 3 is 2.26 bits per heavy atom. The smallest absolute Gasteiger partial charge is 0.285 e. The fourth-order valence-corrected chi connectivity index (χ4v) is 3.30. The number of Topliss-reactive ketones (excluding diaryl/α,β-unsaturated/α-hetero) is 1. The highest BCUT2D eigenvalue weighted by Gasteiger charge is 2.17. The van der Waals surface area contributed by atoms with Gasteiger partial charge in [-0.25, -0.2) is 4.68 Å². The van der Waals surface area contributed by atoms with Crippen molar-refractivity contribution in [2.24, 2.45) is 0 Å². The highest BCUT2D eigenvalue weighted by atomic mass is 16.2. The summed E-state index contributed by atoms with van der Waals surface area (Å²) in [5, 5.41) is 16.5. The summed E-state index contributed by atoms with van der Waals surface area (Å²) in [7, 11) is 0. The van der Waals surface area contributed by atoms with Gasteiger partial charge in [-0.05, 0) is 54.8 Å². The molecule has 3 aromatic rings. The molecular weight excluding hydrogens is 392 g/mol. The summed E-state index contributed by atoms with van der Waals surface area (Å²) in [5.41, 5.74) is 2.22. The van der Waals surface area contributed by atoms with Crippen LogP contribution >= 0.6 is 0 Å². The van der Waals surface area contributed by atoms with Crippen LogP contribution in [0.3, 0.4) is 0 Å². The summed E-state index contributed by atoms with van der Waals surface area (Å²) in [6, 6.07) is 17.2. The summed E-state index contributed by atoms with van der Waals surface area (Å²) < 4.78 is 1.06. The molecule has 2 aromatic carbocycles. The molecule has 7 nitrogen and oxygen atoms in total. The van der Waals surface area contributed by atoms with Crippen LogP contribution in [-0.2, 0) is 19.4 Å². The van der Waals surface area contributed by atoms with Crippen molar-refractivity contribution in [2.75, 3.05) is 5.32 Å². The number of anilines is 1. The maximum absolute atomic E-state index is 12.7. The summed E-state index contributed by atoms with van der Waals surface area (Å²) in [5.74, 6) is -0.562. The number of carbonyl (C=O) groups excluding carboxylic acids is 2. The van der Waals surface area contributed by atoms with E-state index >= 15 is 0 Å². The summed E-state index contributed by atoms with van der Waals surface area (Å²) in [4.78, 5) is 37.5. The second-order valence-corrected chi connectivity index (χ2v) is 6.90. The monoisotopic (exact) mass is 414 g/mol. The van der Waals surface area contributed by atoms with Crippen molar-refractivity contribution in [3.8, 4) is 6.07 Å². The first kappa shape index (κ1) is 21.7. The van der Waals surface area contributed by atoms with Crippen LogP contribution in [0.1, 0.15) is 51.4 Å². The fourth-order valence-electron chi connectivity index (χ4n) is 3.30. The van der Waals surface area contributed by atoms with Crippen molar-refractivity contribution >= 4 is 17.4 Å². The molecule has 156 valence electrons. The van der Waals surface area contributed by atoms with Crippen LogP contribution in [0.2, 0.25) is 0 Å². The number of nitrogens with one attached hydrogen (secondary N) is 1. The molecule has 1 heterocycles. The van der Waals surface area contributed by atoms with Crippen LogP contribution in [0, 0.1) is 11.3 Å². The number of aryl methyl sites for hydroxylation is 1. The first-order chi connectivity index (χ1) is 15.0. The third kappa shape index (κ3) is 4.75. The number of carbonyl (C=O) groups is 2. The second-order valence-electron chi connectivity index (χ2n) is 6.90. The average Bonchev–Trinajstić information content (AvgIpc) is 2.80. The molecule has 1 amide bonds. The van der Waals surface area contributed by atoms with Crippen molar-refractivity contribution in [3.63, 3.8) is 0 Å². The van der Waals surface area contributed by atoms with E-state index in [-0.39, 0.29) is 23.8 Å². The molecule has 0 atom stereocenters. The minimum absolute atomic E-state index is 0.0427. The zero-order valence-corrected chi connectivity index (χ0v) is 17.4. The Kier molecular flexibility index (Phi) is 6.73. The van der Waals surface area contributed by atoms with Crippen LogP contribution in [0.4, 0.5) is 5.69 Å². The Morgan fingerprint density at radius 1 is 1.00 bits per heavy atom. The van der Waals surface area contributed by atoms with Gasteiger partial charge < -0.3 is 5.32 Å². The number of nitrogens with zero attached hydrogens (tertiary/aromatic N) is 3. The lowest BCUT2D eigenvalue weighted by atomic mass is 10.0. The zero-order valence-electron chi connectivity index (χ0n) is 17.4. The number of hydrogen-bond donors (Lipinski definition) is 1. The molecule has 3 rings (SSSR count). The third-order valence-electron chi connectivity index (χ3n) is 4.93. The number of aromatic nitrogens is 2. The van der Waals surface area contributed by atoms with E-state index < -0.39 is 5.56 Å². The maximum Gasteiger partial charge on any atom is 0.285 e. The predicted octanol–water partition coefficient (Wildman–Crippen LogP) is 3.37. The van der Waals surface area contributed by atoms with Gasteiger partial charge in [0.25, 0.3) is 11.5 Å². The van der Waals surface area contributed by atoms with Crippen LogP contribution in [0.5, 0.6) is 0 Å². The van der Waals surface area contributed by atoms with Crippen LogP contribution in [0.25, 0.3) is 0 Å². The third-order valence-corrected chi connectivity index (χ3v) is 4.93. The molecule has 0 aliphatic carbocycles. The number of hydrogen-bond acceptors (Lipinski definition) is 5. The van der Waals surface area contributed by atoms with Crippen LogP contribution < -0.4 is 10.9 Å². The van der Waals surface area contributed by atoms with Gasteiger partial charge in [-0.1, -0.05) is 32.0 Å². The largest absolute Gasteiger partial charge is 0.322 e. The highest BCUT2D eigenvalue weighted by Crippen LogP contribution is 2.14. The van der Waals surface area contributed by atoms with Gasteiger partial charge in [-0.3, -0.25) is 14.4 Å². The molecule has 0 radical (unpaired) electrons. The predicted molar refractivity (Wildman–Crippen MR) is 117 cm³/mol. The van der Waals surface area contributed by atoms with Gasteiger partial charge >= 0.3 is 0 Å². The molecule has 0 saturated carbocycles. The zero-order chi connectivity index (χ0) is 22.4. The van der Waals surface area contributed by atoms with Gasteiger partial charge in [0.2, 0.25) is 0 Å². The Balaban J connectivity index is 1.78. The van der Waals surface area contributed by atoms with Gasteiger partial charge in [0, 0.05) is 16.8 Å². The SMILES string of the molecule is CCc1nn(CC(=O)c2ccc(NC(=O)c3ccccc3)cc2)c(=O)c(C#N)c1CC. The van der Waals surface area contributed by atoms with Gasteiger partial charge in [0.1, 0.15) is 18.2 Å². The molecule has 1 aromatic heterocycles. The topological polar surface area (TPSA) is 105 Å². The molecule has 0 bridgehead atoms. The Labute approximate surface area is 180 Å². The molecule has 0 spiro atoms. The van der Waals surface area contributed by atoms with E-state index in [1.165, 1.54) is 0 Å². The van der Waals surface area contributed by atoms with Gasteiger partial charge in [0.15, 0.2) is 5.78 Å². The quantitative estimate of drug-likeness (QED) is 0.597. The van der Waals surface area contributed by atoms with Gasteiger partial charge in [0.05, 0.1) is 5.69 Å². The number of benzene rings is 2. The Morgan fingerprint density at radius 2 is 1.68 bits per heavy atom. The van der Waals surface area contributed by atoms with E-state index in [4.69, 9.17) is 0 Å². The maximum atomic E-state index is 12.7.